The third-order valence-electron chi connectivity index (χ3n) is 4.71. The molecule has 1 aliphatic carbocycles. The van der Waals surface area contributed by atoms with Crippen molar-refractivity contribution in [2.45, 2.75) is 32.2 Å². The zero-order chi connectivity index (χ0) is 16.9. The molecular formula is C23H25N. The number of rotatable bonds is 5. The standard InChI is InChI=1S/C23H25N/c1-22(16-10-5-11-17-22)19-24-23(2,21-14-8-4-9-15-21)18-20-12-6-3-7-13-20/h3-16,19H,17-18H2,1-2H3. The Balaban J connectivity index is 1.93. The summed E-state index contributed by atoms with van der Waals surface area (Å²) in [7, 11) is 0. The average molecular weight is 315 g/mol. The highest BCUT2D eigenvalue weighted by molar-refractivity contribution is 5.70. The molecule has 0 aliphatic heterocycles. The lowest BCUT2D eigenvalue weighted by Crippen LogP contribution is -2.25. The first kappa shape index (κ1) is 16.4. The highest BCUT2D eigenvalue weighted by Crippen LogP contribution is 2.32. The number of nitrogens with zero attached hydrogens (tertiary/aromatic N) is 1. The minimum Gasteiger partial charge on any atom is -0.285 e. The van der Waals surface area contributed by atoms with Gasteiger partial charge in [-0.25, -0.2) is 0 Å². The van der Waals surface area contributed by atoms with Crippen LogP contribution < -0.4 is 0 Å². The van der Waals surface area contributed by atoms with Crippen LogP contribution in [0.25, 0.3) is 0 Å². The van der Waals surface area contributed by atoms with Crippen molar-refractivity contribution < 1.29 is 0 Å². The molecule has 0 saturated carbocycles. The van der Waals surface area contributed by atoms with Crippen LogP contribution in [0.5, 0.6) is 0 Å². The normalized spacial score (nSPS) is 22.6. The molecule has 1 nitrogen and oxygen atoms in total. The van der Waals surface area contributed by atoms with Crippen LogP contribution >= 0.6 is 0 Å². The third-order valence-corrected chi connectivity index (χ3v) is 4.71. The van der Waals surface area contributed by atoms with Crippen LogP contribution in [0.3, 0.4) is 0 Å². The van der Waals surface area contributed by atoms with Crippen LogP contribution in [0.4, 0.5) is 0 Å². The van der Waals surface area contributed by atoms with Crippen molar-refractivity contribution in [3.05, 3.63) is 96.1 Å². The summed E-state index contributed by atoms with van der Waals surface area (Å²) < 4.78 is 0. The summed E-state index contributed by atoms with van der Waals surface area (Å²) in [5.41, 5.74) is 2.30. The highest BCUT2D eigenvalue weighted by atomic mass is 14.8. The summed E-state index contributed by atoms with van der Waals surface area (Å²) in [4.78, 5) is 5.11. The molecule has 3 rings (SSSR count). The van der Waals surface area contributed by atoms with E-state index in [1.807, 2.05) is 0 Å². The van der Waals surface area contributed by atoms with Gasteiger partial charge in [-0.1, -0.05) is 91.9 Å². The van der Waals surface area contributed by atoms with Gasteiger partial charge >= 0.3 is 0 Å². The molecule has 0 radical (unpaired) electrons. The maximum absolute atomic E-state index is 5.11. The second-order valence-electron chi connectivity index (χ2n) is 7.06. The number of benzene rings is 2. The molecule has 1 heteroatoms. The SMILES string of the molecule is CC1(C=NC(C)(Cc2ccccc2)c2ccccc2)C=CC=CC1. The van der Waals surface area contributed by atoms with Crippen molar-refractivity contribution in [2.24, 2.45) is 10.4 Å². The number of aliphatic imine (C=N–C) groups is 1. The Bertz CT molecular complexity index is 742. The number of hydrogen-bond donors (Lipinski definition) is 0. The Morgan fingerprint density at radius 1 is 1.00 bits per heavy atom. The highest BCUT2D eigenvalue weighted by Gasteiger charge is 2.27. The Labute approximate surface area is 145 Å². The molecule has 0 heterocycles. The van der Waals surface area contributed by atoms with Crippen molar-refractivity contribution >= 4 is 6.21 Å². The molecule has 0 fully saturated rings. The molecule has 2 atom stereocenters. The van der Waals surface area contributed by atoms with Crippen molar-refractivity contribution in [2.75, 3.05) is 0 Å². The second-order valence-corrected chi connectivity index (χ2v) is 7.06. The molecule has 0 amide bonds. The zero-order valence-corrected chi connectivity index (χ0v) is 14.5. The van der Waals surface area contributed by atoms with E-state index in [-0.39, 0.29) is 11.0 Å². The van der Waals surface area contributed by atoms with Crippen molar-refractivity contribution in [1.82, 2.24) is 0 Å². The molecule has 0 N–H and O–H groups in total. The number of allylic oxidation sites excluding steroid dienone is 4. The van der Waals surface area contributed by atoms with Gasteiger partial charge in [-0.15, -0.1) is 0 Å². The van der Waals surface area contributed by atoms with Crippen molar-refractivity contribution in [3.8, 4) is 0 Å². The fourth-order valence-electron chi connectivity index (χ4n) is 3.14. The molecule has 24 heavy (non-hydrogen) atoms. The Kier molecular flexibility index (Phi) is 4.80. The van der Waals surface area contributed by atoms with Gasteiger partial charge in [0.2, 0.25) is 0 Å². The molecular weight excluding hydrogens is 290 g/mol. The Hall–Kier alpha value is -2.41. The van der Waals surface area contributed by atoms with Gasteiger partial charge in [0, 0.05) is 18.1 Å². The summed E-state index contributed by atoms with van der Waals surface area (Å²) >= 11 is 0. The van der Waals surface area contributed by atoms with Crippen LogP contribution in [0, 0.1) is 5.41 Å². The topological polar surface area (TPSA) is 12.4 Å². The van der Waals surface area contributed by atoms with E-state index in [9.17, 15) is 0 Å². The van der Waals surface area contributed by atoms with Crippen molar-refractivity contribution in [1.29, 1.82) is 0 Å². The molecule has 2 aromatic carbocycles. The first-order valence-corrected chi connectivity index (χ1v) is 8.60. The molecule has 0 saturated heterocycles. The second kappa shape index (κ2) is 7.00. The predicted molar refractivity (Wildman–Crippen MR) is 103 cm³/mol. The van der Waals surface area contributed by atoms with E-state index in [2.05, 4.69) is 105 Å². The van der Waals surface area contributed by atoms with Crippen LogP contribution in [0.1, 0.15) is 31.4 Å². The van der Waals surface area contributed by atoms with Gasteiger partial charge in [-0.05, 0) is 24.5 Å². The van der Waals surface area contributed by atoms with Gasteiger partial charge in [0.1, 0.15) is 0 Å². The maximum atomic E-state index is 5.11. The van der Waals surface area contributed by atoms with E-state index in [0.717, 1.165) is 12.8 Å². The molecule has 0 spiro atoms. The molecule has 2 unspecified atom stereocenters. The molecule has 122 valence electrons. The smallest absolute Gasteiger partial charge is 0.0865 e. The van der Waals surface area contributed by atoms with E-state index >= 15 is 0 Å². The molecule has 0 bridgehead atoms. The van der Waals surface area contributed by atoms with Gasteiger partial charge in [0.15, 0.2) is 0 Å². The van der Waals surface area contributed by atoms with Crippen LogP contribution in [-0.2, 0) is 12.0 Å². The van der Waals surface area contributed by atoms with E-state index < -0.39 is 0 Å². The Morgan fingerprint density at radius 3 is 2.29 bits per heavy atom. The zero-order valence-electron chi connectivity index (χ0n) is 14.5. The van der Waals surface area contributed by atoms with E-state index in [0.29, 0.717) is 0 Å². The van der Waals surface area contributed by atoms with Gasteiger partial charge in [0.25, 0.3) is 0 Å². The average Bonchev–Trinajstić information content (AvgIpc) is 2.63. The minimum absolute atomic E-state index is 0.00147. The lowest BCUT2D eigenvalue weighted by Gasteiger charge is -2.29. The summed E-state index contributed by atoms with van der Waals surface area (Å²) in [6, 6.07) is 21.2. The summed E-state index contributed by atoms with van der Waals surface area (Å²) in [6.07, 6.45) is 12.7. The number of hydrogen-bond acceptors (Lipinski definition) is 1. The molecule has 0 aromatic heterocycles. The monoisotopic (exact) mass is 315 g/mol. The van der Waals surface area contributed by atoms with E-state index in [4.69, 9.17) is 4.99 Å². The quantitative estimate of drug-likeness (QED) is 0.624. The predicted octanol–water partition coefficient (Wildman–Crippen LogP) is 5.74. The molecule has 2 aromatic rings. The lowest BCUT2D eigenvalue weighted by molar-refractivity contribution is 0.486. The largest absolute Gasteiger partial charge is 0.285 e. The molecule has 1 aliphatic rings. The van der Waals surface area contributed by atoms with E-state index in [1.54, 1.807) is 0 Å². The minimum atomic E-state index is -0.263. The van der Waals surface area contributed by atoms with E-state index in [1.165, 1.54) is 11.1 Å². The van der Waals surface area contributed by atoms with Crippen LogP contribution in [0.2, 0.25) is 0 Å². The van der Waals surface area contributed by atoms with Crippen molar-refractivity contribution in [3.63, 3.8) is 0 Å². The fourth-order valence-corrected chi connectivity index (χ4v) is 3.14. The first-order valence-electron chi connectivity index (χ1n) is 8.60. The lowest BCUT2D eigenvalue weighted by atomic mass is 9.83. The van der Waals surface area contributed by atoms with Gasteiger partial charge < -0.3 is 0 Å². The Morgan fingerprint density at radius 2 is 1.67 bits per heavy atom. The summed E-state index contributed by atoms with van der Waals surface area (Å²) in [6.45, 7) is 4.47. The maximum Gasteiger partial charge on any atom is 0.0865 e. The first-order chi connectivity index (χ1) is 11.6. The van der Waals surface area contributed by atoms with Gasteiger partial charge in [-0.2, -0.15) is 0 Å². The van der Waals surface area contributed by atoms with Gasteiger partial charge in [-0.3, -0.25) is 4.99 Å². The van der Waals surface area contributed by atoms with Gasteiger partial charge in [0.05, 0.1) is 5.54 Å². The third kappa shape index (κ3) is 3.91. The summed E-state index contributed by atoms with van der Waals surface area (Å²) in [5.74, 6) is 0. The summed E-state index contributed by atoms with van der Waals surface area (Å²) in [5, 5.41) is 0. The van der Waals surface area contributed by atoms with Crippen LogP contribution in [0.15, 0.2) is 90.0 Å². The fraction of sp³-hybridized carbons (Fsp3) is 0.261. The van der Waals surface area contributed by atoms with Crippen LogP contribution in [-0.4, -0.2) is 6.21 Å².